The lowest BCUT2D eigenvalue weighted by atomic mass is 10.1. The van der Waals surface area contributed by atoms with E-state index >= 15 is 0 Å². The van der Waals surface area contributed by atoms with E-state index in [1.54, 1.807) is 30.3 Å². The van der Waals surface area contributed by atoms with Crippen LogP contribution in [0, 0.1) is 20.2 Å². The van der Waals surface area contributed by atoms with E-state index in [9.17, 15) is 29.8 Å². The molecule has 200 valence electrons. The van der Waals surface area contributed by atoms with Gasteiger partial charge in [-0.15, -0.1) is 5.11 Å². The van der Waals surface area contributed by atoms with Gasteiger partial charge in [0.25, 0.3) is 23.2 Å². The van der Waals surface area contributed by atoms with Gasteiger partial charge in [-0.1, -0.05) is 41.4 Å². The van der Waals surface area contributed by atoms with Gasteiger partial charge < -0.3 is 10.6 Å². The summed E-state index contributed by atoms with van der Waals surface area (Å²) in [5, 5.41) is 35.7. The molecule has 40 heavy (non-hydrogen) atoms. The summed E-state index contributed by atoms with van der Waals surface area (Å²) in [7, 11) is 0. The second-order valence-corrected chi connectivity index (χ2v) is 8.83. The van der Waals surface area contributed by atoms with E-state index in [1.165, 1.54) is 36.4 Å². The van der Waals surface area contributed by atoms with Gasteiger partial charge in [-0.05, 0) is 42.5 Å². The quantitative estimate of drug-likeness (QED) is 0.123. The van der Waals surface area contributed by atoms with Crippen LogP contribution in [-0.2, 0) is 0 Å². The number of benzene rings is 4. The summed E-state index contributed by atoms with van der Waals surface area (Å²) in [5.41, 5.74) is -0.00936. The molecule has 0 saturated heterocycles. The van der Waals surface area contributed by atoms with Gasteiger partial charge >= 0.3 is 0 Å². The van der Waals surface area contributed by atoms with Crippen LogP contribution in [0.3, 0.4) is 0 Å². The molecule has 2 N–H and O–H groups in total. The highest BCUT2D eigenvalue weighted by atomic mass is 35.5. The van der Waals surface area contributed by atoms with Crippen LogP contribution in [-0.4, -0.2) is 21.7 Å². The van der Waals surface area contributed by atoms with Gasteiger partial charge in [-0.3, -0.25) is 29.8 Å². The summed E-state index contributed by atoms with van der Waals surface area (Å²) >= 11 is 12.2. The van der Waals surface area contributed by atoms with Gasteiger partial charge in [0.2, 0.25) is 0 Å². The Hall–Kier alpha value is -5.20. The highest BCUT2D eigenvalue weighted by Crippen LogP contribution is 2.32. The fourth-order valence-corrected chi connectivity index (χ4v) is 3.80. The molecule has 4 aromatic rings. The zero-order chi connectivity index (χ0) is 28.8. The third-order valence-electron chi connectivity index (χ3n) is 5.34. The first kappa shape index (κ1) is 27.8. The molecule has 0 atom stereocenters. The average Bonchev–Trinajstić information content (AvgIpc) is 2.93. The second-order valence-electron chi connectivity index (χ2n) is 8.02. The third-order valence-corrected chi connectivity index (χ3v) is 6.00. The lowest BCUT2D eigenvalue weighted by molar-refractivity contribution is -0.385. The molecule has 4 aromatic carbocycles. The molecule has 0 bridgehead atoms. The topological polar surface area (TPSA) is 169 Å². The van der Waals surface area contributed by atoms with Crippen LogP contribution < -0.4 is 10.6 Å². The van der Waals surface area contributed by atoms with Crippen molar-refractivity contribution in [2.75, 3.05) is 10.6 Å². The number of carbonyl (C=O) groups is 2. The van der Waals surface area contributed by atoms with Crippen LogP contribution in [0.2, 0.25) is 10.0 Å². The second kappa shape index (κ2) is 12.1. The van der Waals surface area contributed by atoms with Crippen LogP contribution in [0.5, 0.6) is 0 Å². The number of halogens is 2. The Balaban J connectivity index is 1.69. The van der Waals surface area contributed by atoms with E-state index in [0.29, 0.717) is 5.69 Å². The molecule has 0 saturated carbocycles. The van der Waals surface area contributed by atoms with Crippen molar-refractivity contribution in [2.45, 2.75) is 0 Å². The van der Waals surface area contributed by atoms with Crippen LogP contribution in [0.4, 0.5) is 34.1 Å². The first-order valence-corrected chi connectivity index (χ1v) is 12.0. The zero-order valence-corrected chi connectivity index (χ0v) is 21.6. The number of rotatable bonds is 8. The highest BCUT2D eigenvalue weighted by Gasteiger charge is 2.19. The Morgan fingerprint density at radius 3 is 1.77 bits per heavy atom. The molecule has 0 aliphatic rings. The standard InChI is InChI=1S/C26H16Cl2N6O6/c27-21-9-7-17(33(37)38)13-19(21)25(35)29-16-6-11-23(32-31-15-4-2-1-3-5-15)24(12-16)30-26(36)20-14-18(34(39)40)8-10-22(20)28/h1-14H,(H,29,35)(H,30,36). The minimum absolute atomic E-state index is 0.00905. The van der Waals surface area contributed by atoms with Crippen molar-refractivity contribution < 1.29 is 19.4 Å². The van der Waals surface area contributed by atoms with Gasteiger partial charge in [-0.2, -0.15) is 5.11 Å². The number of nitro groups is 2. The molecule has 14 heteroatoms. The van der Waals surface area contributed by atoms with Gasteiger partial charge in [0, 0.05) is 30.0 Å². The predicted octanol–water partition coefficient (Wildman–Crippen LogP) is 7.73. The lowest BCUT2D eigenvalue weighted by Gasteiger charge is -2.12. The first-order chi connectivity index (χ1) is 19.1. The summed E-state index contributed by atoms with van der Waals surface area (Å²) in [5.74, 6) is -1.53. The van der Waals surface area contributed by atoms with Crippen molar-refractivity contribution in [1.29, 1.82) is 0 Å². The summed E-state index contributed by atoms with van der Waals surface area (Å²) in [4.78, 5) is 46.9. The summed E-state index contributed by atoms with van der Waals surface area (Å²) in [6.07, 6.45) is 0. The Kier molecular flexibility index (Phi) is 8.42. The molecule has 0 aliphatic carbocycles. The molecule has 4 rings (SSSR count). The first-order valence-electron chi connectivity index (χ1n) is 11.2. The van der Waals surface area contributed by atoms with E-state index in [4.69, 9.17) is 23.2 Å². The Morgan fingerprint density at radius 1 is 0.675 bits per heavy atom. The summed E-state index contributed by atoms with van der Waals surface area (Å²) in [6.45, 7) is 0. The number of amides is 2. The number of carbonyl (C=O) groups excluding carboxylic acids is 2. The van der Waals surface area contributed by atoms with Crippen LogP contribution >= 0.6 is 23.2 Å². The normalized spacial score (nSPS) is 10.8. The predicted molar refractivity (Wildman–Crippen MR) is 149 cm³/mol. The molecule has 0 aliphatic heterocycles. The van der Waals surface area contributed by atoms with Crippen LogP contribution in [0.1, 0.15) is 20.7 Å². The highest BCUT2D eigenvalue weighted by molar-refractivity contribution is 6.35. The fourth-order valence-electron chi connectivity index (χ4n) is 3.40. The van der Waals surface area contributed by atoms with E-state index in [2.05, 4.69) is 20.9 Å². The molecule has 0 spiro atoms. The van der Waals surface area contributed by atoms with Gasteiger partial charge in [0.15, 0.2) is 0 Å². The van der Waals surface area contributed by atoms with E-state index in [1.807, 2.05) is 0 Å². The van der Waals surface area contributed by atoms with Crippen LogP contribution in [0.25, 0.3) is 0 Å². The molecular weight excluding hydrogens is 563 g/mol. The maximum absolute atomic E-state index is 13.1. The maximum atomic E-state index is 13.1. The molecule has 12 nitrogen and oxygen atoms in total. The summed E-state index contributed by atoms with van der Waals surface area (Å²) in [6, 6.07) is 19.9. The fraction of sp³-hybridized carbons (Fsp3) is 0. The number of hydrogen-bond donors (Lipinski definition) is 2. The molecule has 2 amide bonds. The van der Waals surface area contributed by atoms with E-state index < -0.39 is 21.7 Å². The van der Waals surface area contributed by atoms with Gasteiger partial charge in [-0.25, -0.2) is 0 Å². The average molecular weight is 579 g/mol. The number of hydrogen-bond acceptors (Lipinski definition) is 8. The van der Waals surface area contributed by atoms with Crippen molar-refractivity contribution in [1.82, 2.24) is 0 Å². The molecule has 0 aromatic heterocycles. The number of non-ortho nitro benzene ring substituents is 2. The van der Waals surface area contributed by atoms with Crippen molar-refractivity contribution in [3.05, 3.63) is 126 Å². The van der Waals surface area contributed by atoms with Gasteiger partial charge in [0.05, 0.1) is 42.4 Å². The molecule has 0 unspecified atom stereocenters. The van der Waals surface area contributed by atoms with E-state index in [0.717, 1.165) is 18.2 Å². The number of nitrogens with one attached hydrogen (secondary N) is 2. The third kappa shape index (κ3) is 6.62. The van der Waals surface area contributed by atoms with Crippen molar-refractivity contribution >= 4 is 69.1 Å². The number of azo groups is 1. The van der Waals surface area contributed by atoms with Crippen molar-refractivity contribution in [3.63, 3.8) is 0 Å². The Morgan fingerprint density at radius 2 is 1.23 bits per heavy atom. The Bertz CT molecular complexity index is 1680. The minimum Gasteiger partial charge on any atom is -0.322 e. The van der Waals surface area contributed by atoms with E-state index in [-0.39, 0.29) is 49.6 Å². The van der Waals surface area contributed by atoms with Gasteiger partial charge in [0.1, 0.15) is 5.69 Å². The lowest BCUT2D eigenvalue weighted by Crippen LogP contribution is -2.15. The summed E-state index contributed by atoms with van der Waals surface area (Å²) < 4.78 is 0. The maximum Gasteiger partial charge on any atom is 0.270 e. The van der Waals surface area contributed by atoms with Crippen molar-refractivity contribution in [3.8, 4) is 0 Å². The number of nitrogens with zero attached hydrogens (tertiary/aromatic N) is 4. The molecule has 0 fully saturated rings. The smallest absolute Gasteiger partial charge is 0.270 e. The number of nitro benzene ring substituents is 2. The number of anilines is 2. The molecule has 0 radical (unpaired) electrons. The molecular formula is C26H16Cl2N6O6. The monoisotopic (exact) mass is 578 g/mol. The minimum atomic E-state index is -0.782. The molecule has 0 heterocycles. The van der Waals surface area contributed by atoms with Crippen molar-refractivity contribution in [2.24, 2.45) is 10.2 Å². The largest absolute Gasteiger partial charge is 0.322 e. The van der Waals surface area contributed by atoms with Crippen LogP contribution in [0.15, 0.2) is 95.2 Å². The SMILES string of the molecule is O=C(Nc1ccc(N=Nc2ccccc2)c(NC(=O)c2cc([N+](=O)[O-])ccc2Cl)c1)c1cc([N+](=O)[O-])ccc1Cl. The zero-order valence-electron chi connectivity index (χ0n) is 20.1. The Labute approximate surface area is 235 Å².